The zero-order valence-electron chi connectivity index (χ0n) is 20.1. The third kappa shape index (κ3) is 12.0. The van der Waals surface area contributed by atoms with Gasteiger partial charge in [-0.1, -0.05) is 83.5 Å². The molecular weight excluding hydrogens is 344 g/mol. The smallest absolute Gasteiger partial charge is 0.311 e. The molecule has 0 amide bonds. The van der Waals surface area contributed by atoms with E-state index in [1.54, 1.807) is 0 Å². The zero-order valence-corrected chi connectivity index (χ0v) is 20.1. The van der Waals surface area contributed by atoms with Gasteiger partial charge < -0.3 is 4.74 Å². The highest BCUT2D eigenvalue weighted by Crippen LogP contribution is 2.26. The number of esters is 1. The van der Waals surface area contributed by atoms with Gasteiger partial charge >= 0.3 is 5.97 Å². The summed E-state index contributed by atoms with van der Waals surface area (Å²) in [6.45, 7) is 17.0. The zero-order chi connectivity index (χ0) is 22.0. The van der Waals surface area contributed by atoms with Crippen molar-refractivity contribution in [3.8, 4) is 0 Å². The van der Waals surface area contributed by atoms with Crippen LogP contribution in [0.1, 0.15) is 105 Å². The Hall–Kier alpha value is -1.57. The molecule has 1 aromatic carbocycles. The van der Waals surface area contributed by atoms with Crippen molar-refractivity contribution in [1.82, 2.24) is 0 Å². The topological polar surface area (TPSA) is 26.3 Å². The lowest BCUT2D eigenvalue weighted by atomic mass is 9.85. The van der Waals surface area contributed by atoms with Gasteiger partial charge in [-0.05, 0) is 63.9 Å². The Morgan fingerprint density at radius 3 is 1.75 bits per heavy atom. The molecule has 0 N–H and O–H groups in total. The van der Waals surface area contributed by atoms with Crippen molar-refractivity contribution < 1.29 is 9.53 Å². The minimum Gasteiger partial charge on any atom is -0.469 e. The van der Waals surface area contributed by atoms with Crippen LogP contribution in [0.25, 0.3) is 0 Å². The Labute approximate surface area is 175 Å². The monoisotopic (exact) mass is 390 g/mol. The lowest BCUT2D eigenvalue weighted by molar-refractivity contribution is -0.152. The van der Waals surface area contributed by atoms with Crippen LogP contribution in [-0.4, -0.2) is 13.1 Å². The van der Waals surface area contributed by atoms with Crippen LogP contribution in [0.4, 0.5) is 0 Å². The molecule has 0 atom stereocenters. The highest BCUT2D eigenvalue weighted by molar-refractivity contribution is 5.76. The predicted molar refractivity (Wildman–Crippen MR) is 125 cm³/mol. The minimum atomic E-state index is -0.269. The Morgan fingerprint density at radius 2 is 1.50 bits per heavy atom. The fourth-order valence-corrected chi connectivity index (χ4v) is 2.76. The Balaban J connectivity index is 0. The quantitative estimate of drug-likeness (QED) is 0.329. The molecule has 162 valence electrons. The van der Waals surface area contributed by atoms with E-state index in [9.17, 15) is 4.79 Å². The molecule has 0 heterocycles. The van der Waals surface area contributed by atoms with Crippen LogP contribution in [0.5, 0.6) is 0 Å². The van der Waals surface area contributed by atoms with E-state index in [1.807, 2.05) is 20.8 Å². The van der Waals surface area contributed by atoms with Gasteiger partial charge in [0.15, 0.2) is 0 Å². The summed E-state index contributed by atoms with van der Waals surface area (Å²) in [4.78, 5) is 11.1. The van der Waals surface area contributed by atoms with Crippen molar-refractivity contribution in [1.29, 1.82) is 0 Å². The van der Waals surface area contributed by atoms with E-state index in [1.165, 1.54) is 43.9 Å². The largest absolute Gasteiger partial charge is 0.469 e. The Kier molecular flexibility index (Phi) is 17.9. The van der Waals surface area contributed by atoms with Crippen molar-refractivity contribution in [2.75, 3.05) is 7.11 Å². The Morgan fingerprint density at radius 1 is 1.00 bits per heavy atom. The molecule has 1 aromatic rings. The summed E-state index contributed by atoms with van der Waals surface area (Å²) in [5, 5.41) is 0. The number of rotatable bonds is 8. The first-order chi connectivity index (χ1) is 13.3. The number of carbonyl (C=O) groups excluding carboxylic acids is 1. The summed E-state index contributed by atoms with van der Waals surface area (Å²) in [6.07, 6.45) is 8.83. The van der Waals surface area contributed by atoms with Crippen molar-refractivity contribution in [2.45, 2.75) is 99.8 Å². The molecule has 0 aromatic heterocycles. The van der Waals surface area contributed by atoms with Crippen molar-refractivity contribution in [3.63, 3.8) is 0 Å². The van der Waals surface area contributed by atoms with Gasteiger partial charge in [0, 0.05) is 0 Å². The normalized spacial score (nSPS) is 11.1. The molecule has 2 nitrogen and oxygen atoms in total. The maximum atomic E-state index is 11.1. The molecule has 0 bridgehead atoms. The van der Waals surface area contributed by atoms with Gasteiger partial charge in [-0.2, -0.15) is 0 Å². The maximum Gasteiger partial charge on any atom is 0.311 e. The van der Waals surface area contributed by atoms with Gasteiger partial charge in [-0.25, -0.2) is 0 Å². The third-order valence-corrected chi connectivity index (χ3v) is 5.61. The first kappa shape index (κ1) is 28.6. The molecule has 0 aliphatic rings. The van der Waals surface area contributed by atoms with E-state index in [0.717, 1.165) is 18.8 Å². The van der Waals surface area contributed by atoms with Gasteiger partial charge in [0.05, 0.1) is 12.5 Å². The summed E-state index contributed by atoms with van der Waals surface area (Å²) in [5.74, 6) is 0.661. The molecule has 1 rings (SSSR count). The standard InChI is InChI=1S/C11H16.C8H16O2.C7H14/c1-3-10(4-2)11-8-6-5-7-9-11;1-5-8(3,6-2)7(9)10-4;1-4-6-7(3)5-2/h5-10H,3-4H2,1-2H3;5-6H2,1-4H3;6H,4-5H2,1-3H3/b;;7-6+. The molecule has 28 heavy (non-hydrogen) atoms. The van der Waals surface area contributed by atoms with Gasteiger partial charge in [-0.3, -0.25) is 4.79 Å². The third-order valence-electron chi connectivity index (χ3n) is 5.61. The fourth-order valence-electron chi connectivity index (χ4n) is 2.76. The van der Waals surface area contributed by atoms with Crippen LogP contribution in [0, 0.1) is 5.41 Å². The first-order valence-electron chi connectivity index (χ1n) is 11.1. The number of carbonyl (C=O) groups is 1. The molecule has 0 radical (unpaired) electrons. The second-order valence-corrected chi connectivity index (χ2v) is 7.50. The van der Waals surface area contributed by atoms with Crippen LogP contribution >= 0.6 is 0 Å². The summed E-state index contributed by atoms with van der Waals surface area (Å²) in [6, 6.07) is 10.8. The molecule has 0 saturated heterocycles. The van der Waals surface area contributed by atoms with E-state index in [-0.39, 0.29) is 11.4 Å². The summed E-state index contributed by atoms with van der Waals surface area (Å²) >= 11 is 0. The van der Waals surface area contributed by atoms with E-state index >= 15 is 0 Å². The average Bonchev–Trinajstić information content (AvgIpc) is 2.75. The minimum absolute atomic E-state index is 0.0995. The van der Waals surface area contributed by atoms with E-state index in [4.69, 9.17) is 0 Å². The van der Waals surface area contributed by atoms with Crippen LogP contribution in [-0.2, 0) is 9.53 Å². The van der Waals surface area contributed by atoms with Gasteiger partial charge in [0.25, 0.3) is 0 Å². The molecule has 0 aliphatic heterocycles. The number of hydrogen-bond acceptors (Lipinski definition) is 2. The van der Waals surface area contributed by atoms with Crippen LogP contribution in [0.15, 0.2) is 42.0 Å². The SMILES string of the molecule is CC/C=C(\C)CC.CCC(C)(CC)C(=O)OC.CCC(CC)c1ccccc1. The van der Waals surface area contributed by atoms with Crippen LogP contribution in [0.3, 0.4) is 0 Å². The molecule has 0 spiro atoms. The van der Waals surface area contributed by atoms with Gasteiger partial charge in [-0.15, -0.1) is 0 Å². The number of benzene rings is 1. The van der Waals surface area contributed by atoms with Gasteiger partial charge in [0.1, 0.15) is 0 Å². The number of hydrogen-bond donors (Lipinski definition) is 0. The highest BCUT2D eigenvalue weighted by atomic mass is 16.5. The molecule has 2 heteroatoms. The summed E-state index contributed by atoms with van der Waals surface area (Å²) in [7, 11) is 1.44. The van der Waals surface area contributed by atoms with E-state index in [2.05, 4.69) is 75.8 Å². The summed E-state index contributed by atoms with van der Waals surface area (Å²) < 4.78 is 4.66. The first-order valence-corrected chi connectivity index (χ1v) is 11.1. The van der Waals surface area contributed by atoms with Crippen molar-refractivity contribution in [2.24, 2.45) is 5.41 Å². The second kappa shape index (κ2) is 17.5. The molecular formula is C26H46O2. The molecule has 0 aliphatic carbocycles. The Bertz CT molecular complexity index is 508. The second-order valence-electron chi connectivity index (χ2n) is 7.50. The molecule has 0 unspecified atom stereocenters. The van der Waals surface area contributed by atoms with E-state index in [0.29, 0.717) is 0 Å². The average molecular weight is 391 g/mol. The van der Waals surface area contributed by atoms with E-state index < -0.39 is 0 Å². The molecule has 0 fully saturated rings. The number of ether oxygens (including phenoxy) is 1. The predicted octanol–water partition coefficient (Wildman–Crippen LogP) is 8.33. The lowest BCUT2D eigenvalue weighted by Crippen LogP contribution is -2.27. The van der Waals surface area contributed by atoms with Crippen molar-refractivity contribution in [3.05, 3.63) is 47.5 Å². The highest BCUT2D eigenvalue weighted by Gasteiger charge is 2.29. The van der Waals surface area contributed by atoms with Crippen LogP contribution < -0.4 is 0 Å². The number of methoxy groups -OCH3 is 1. The summed E-state index contributed by atoms with van der Waals surface area (Å²) in [5.41, 5.74) is 2.72. The number of allylic oxidation sites excluding steroid dienone is 2. The maximum absolute atomic E-state index is 11.1. The van der Waals surface area contributed by atoms with Crippen LogP contribution in [0.2, 0.25) is 0 Å². The lowest BCUT2D eigenvalue weighted by Gasteiger charge is -2.22. The fraction of sp³-hybridized carbons (Fsp3) is 0.654. The van der Waals surface area contributed by atoms with Gasteiger partial charge in [0.2, 0.25) is 0 Å². The van der Waals surface area contributed by atoms with Crippen molar-refractivity contribution >= 4 is 5.97 Å². The molecule has 0 saturated carbocycles.